The van der Waals surface area contributed by atoms with Gasteiger partial charge in [0.1, 0.15) is 11.6 Å². The van der Waals surface area contributed by atoms with E-state index in [0.29, 0.717) is 19.0 Å². The number of nitrogens with zero attached hydrogens (tertiary/aromatic N) is 4. The van der Waals surface area contributed by atoms with E-state index < -0.39 is 11.6 Å². The van der Waals surface area contributed by atoms with E-state index in [1.807, 2.05) is 36.5 Å². The van der Waals surface area contributed by atoms with Crippen molar-refractivity contribution in [1.29, 1.82) is 0 Å². The van der Waals surface area contributed by atoms with Gasteiger partial charge in [-0.3, -0.25) is 0 Å². The third kappa shape index (κ3) is 8.38. The number of unbranched alkanes of at least 4 members (excludes halogenated alkanes) is 4. The summed E-state index contributed by atoms with van der Waals surface area (Å²) in [5, 5.41) is 9.28. The zero-order chi connectivity index (χ0) is 25.1. The monoisotopic (exact) mass is 484 g/mol. The number of benzene rings is 1. The van der Waals surface area contributed by atoms with Crippen molar-refractivity contribution >= 4 is 17.7 Å². The molecule has 0 spiro atoms. The minimum atomic E-state index is -1.26. The van der Waals surface area contributed by atoms with Crippen LogP contribution in [0.15, 0.2) is 36.5 Å². The molecule has 1 aliphatic heterocycles. The molecule has 192 valence electrons. The van der Waals surface area contributed by atoms with Crippen molar-refractivity contribution in [2.75, 3.05) is 49.2 Å². The zero-order valence-corrected chi connectivity index (χ0v) is 21.4. The maximum atomic E-state index is 11.3. The van der Waals surface area contributed by atoms with E-state index in [1.54, 1.807) is 13.8 Å². The van der Waals surface area contributed by atoms with E-state index in [9.17, 15) is 9.90 Å². The van der Waals surface area contributed by atoms with Crippen LogP contribution in [0.3, 0.4) is 0 Å². The largest absolute Gasteiger partial charge is 0.478 e. The minimum absolute atomic E-state index is 0.555. The fourth-order valence-corrected chi connectivity index (χ4v) is 4.00. The Hall–Kier alpha value is -2.87. The molecule has 1 saturated heterocycles. The number of aromatic nitrogens is 2. The highest BCUT2D eigenvalue weighted by Gasteiger charge is 2.29. The SMILES string of the molecule is CCCCCCCN(CCc1ccc(OC(C)(C)C(=O)O)cc1)c1ccnc(N2CCOCC2)n1. The summed E-state index contributed by atoms with van der Waals surface area (Å²) < 4.78 is 11.1. The Morgan fingerprint density at radius 2 is 1.80 bits per heavy atom. The third-order valence-corrected chi connectivity index (χ3v) is 6.26. The van der Waals surface area contributed by atoms with Crippen LogP contribution in [0.1, 0.15) is 58.4 Å². The number of carboxylic acids is 1. The average molecular weight is 485 g/mol. The van der Waals surface area contributed by atoms with E-state index in [-0.39, 0.29) is 0 Å². The topological polar surface area (TPSA) is 88.0 Å². The summed E-state index contributed by atoms with van der Waals surface area (Å²) in [5.74, 6) is 1.29. The van der Waals surface area contributed by atoms with Gasteiger partial charge in [0, 0.05) is 32.4 Å². The Morgan fingerprint density at radius 1 is 1.09 bits per heavy atom. The van der Waals surface area contributed by atoms with E-state index in [4.69, 9.17) is 14.5 Å². The van der Waals surface area contributed by atoms with Crippen LogP contribution < -0.4 is 14.5 Å². The lowest BCUT2D eigenvalue weighted by Gasteiger charge is -2.29. The van der Waals surface area contributed by atoms with Gasteiger partial charge in [0.05, 0.1) is 13.2 Å². The number of morpholine rings is 1. The van der Waals surface area contributed by atoms with Crippen molar-refractivity contribution in [3.63, 3.8) is 0 Å². The van der Waals surface area contributed by atoms with E-state index >= 15 is 0 Å². The second-order valence-electron chi connectivity index (χ2n) is 9.53. The van der Waals surface area contributed by atoms with Crippen LogP contribution in [0, 0.1) is 0 Å². The summed E-state index contributed by atoms with van der Waals surface area (Å²) in [6, 6.07) is 9.70. The number of hydrogen-bond donors (Lipinski definition) is 1. The number of anilines is 2. The first kappa shape index (κ1) is 26.7. The molecule has 0 atom stereocenters. The Kier molecular flexibility index (Phi) is 10.1. The summed E-state index contributed by atoms with van der Waals surface area (Å²) in [5.41, 5.74) is -0.0923. The number of carbonyl (C=O) groups is 1. The van der Waals surface area contributed by atoms with Gasteiger partial charge in [-0.1, -0.05) is 44.7 Å². The second kappa shape index (κ2) is 13.3. The first-order valence-corrected chi connectivity index (χ1v) is 12.8. The van der Waals surface area contributed by atoms with Gasteiger partial charge in [0.25, 0.3) is 0 Å². The van der Waals surface area contributed by atoms with Crippen LogP contribution in [-0.2, 0) is 16.0 Å². The predicted octanol–water partition coefficient (Wildman–Crippen LogP) is 4.57. The van der Waals surface area contributed by atoms with Gasteiger partial charge in [0.2, 0.25) is 5.95 Å². The molecule has 1 fully saturated rings. The van der Waals surface area contributed by atoms with Crippen LogP contribution in [0.4, 0.5) is 11.8 Å². The molecular weight excluding hydrogens is 444 g/mol. The summed E-state index contributed by atoms with van der Waals surface area (Å²) >= 11 is 0. The molecule has 0 aliphatic carbocycles. The van der Waals surface area contributed by atoms with Crippen molar-refractivity contribution in [3.05, 3.63) is 42.1 Å². The van der Waals surface area contributed by atoms with Gasteiger partial charge in [-0.25, -0.2) is 9.78 Å². The Morgan fingerprint density at radius 3 is 2.49 bits per heavy atom. The van der Waals surface area contributed by atoms with Crippen LogP contribution >= 0.6 is 0 Å². The van der Waals surface area contributed by atoms with E-state index in [0.717, 1.165) is 50.8 Å². The predicted molar refractivity (Wildman–Crippen MR) is 139 cm³/mol. The molecule has 0 unspecified atom stereocenters. The van der Waals surface area contributed by atoms with E-state index in [1.165, 1.54) is 31.2 Å². The molecule has 2 aromatic rings. The maximum absolute atomic E-state index is 11.3. The summed E-state index contributed by atoms with van der Waals surface area (Å²) in [4.78, 5) is 25.3. The lowest BCUT2D eigenvalue weighted by atomic mass is 10.1. The number of rotatable bonds is 14. The number of hydrogen-bond acceptors (Lipinski definition) is 7. The van der Waals surface area contributed by atoms with Gasteiger partial charge >= 0.3 is 5.97 Å². The normalized spacial score (nSPS) is 14.1. The molecule has 0 saturated carbocycles. The van der Waals surface area contributed by atoms with Gasteiger partial charge in [-0.2, -0.15) is 4.98 Å². The first-order chi connectivity index (χ1) is 16.9. The van der Waals surface area contributed by atoms with Crippen molar-refractivity contribution in [1.82, 2.24) is 9.97 Å². The van der Waals surface area contributed by atoms with Gasteiger partial charge in [-0.15, -0.1) is 0 Å². The van der Waals surface area contributed by atoms with Crippen molar-refractivity contribution < 1.29 is 19.4 Å². The Balaban J connectivity index is 1.65. The molecule has 35 heavy (non-hydrogen) atoms. The van der Waals surface area contributed by atoms with E-state index in [2.05, 4.69) is 21.7 Å². The molecule has 1 N–H and O–H groups in total. The molecule has 2 heterocycles. The molecular formula is C27H40N4O4. The fraction of sp³-hybridized carbons (Fsp3) is 0.593. The standard InChI is InChI=1S/C27H40N4O4/c1-4-5-6-7-8-16-30(24-13-15-28-26(29-24)31-18-20-34-21-19-31)17-14-22-9-11-23(12-10-22)35-27(2,3)25(32)33/h9-13,15H,4-8,14,16-21H2,1-3H3,(H,32,33). The molecule has 1 aromatic heterocycles. The molecule has 0 amide bonds. The van der Waals surface area contributed by atoms with Gasteiger partial charge in [-0.05, 0) is 50.5 Å². The third-order valence-electron chi connectivity index (χ3n) is 6.26. The van der Waals surface area contributed by atoms with Gasteiger partial charge in [0.15, 0.2) is 5.60 Å². The minimum Gasteiger partial charge on any atom is -0.478 e. The fourth-order valence-electron chi connectivity index (χ4n) is 4.00. The first-order valence-electron chi connectivity index (χ1n) is 12.8. The second-order valence-corrected chi connectivity index (χ2v) is 9.53. The Labute approximate surface area is 209 Å². The number of aliphatic carboxylic acids is 1. The summed E-state index contributed by atoms with van der Waals surface area (Å²) in [7, 11) is 0. The Bertz CT molecular complexity index is 914. The lowest BCUT2D eigenvalue weighted by molar-refractivity contribution is -0.152. The highest BCUT2D eigenvalue weighted by Crippen LogP contribution is 2.21. The van der Waals surface area contributed by atoms with Crippen molar-refractivity contribution in [3.8, 4) is 5.75 Å². The molecule has 0 bridgehead atoms. The smallest absolute Gasteiger partial charge is 0.347 e. The quantitative estimate of drug-likeness (QED) is 0.390. The highest BCUT2D eigenvalue weighted by molar-refractivity contribution is 5.76. The molecule has 3 rings (SSSR count). The van der Waals surface area contributed by atoms with Crippen LogP contribution in [0.25, 0.3) is 0 Å². The average Bonchev–Trinajstić information content (AvgIpc) is 2.87. The van der Waals surface area contributed by atoms with Crippen LogP contribution in [-0.4, -0.2) is 66.0 Å². The molecule has 8 heteroatoms. The highest BCUT2D eigenvalue weighted by atomic mass is 16.5. The van der Waals surface area contributed by atoms with Crippen LogP contribution in [0.2, 0.25) is 0 Å². The molecule has 1 aromatic carbocycles. The summed E-state index contributed by atoms with van der Waals surface area (Å²) in [6.45, 7) is 10.2. The zero-order valence-electron chi connectivity index (χ0n) is 21.4. The lowest BCUT2D eigenvalue weighted by Crippen LogP contribution is -2.38. The van der Waals surface area contributed by atoms with Gasteiger partial charge < -0.3 is 24.4 Å². The molecule has 8 nitrogen and oxygen atoms in total. The molecule has 1 aliphatic rings. The number of ether oxygens (including phenoxy) is 2. The van der Waals surface area contributed by atoms with Crippen molar-refractivity contribution in [2.24, 2.45) is 0 Å². The number of carboxylic acid groups (broad SMARTS) is 1. The van der Waals surface area contributed by atoms with Crippen LogP contribution in [0.5, 0.6) is 5.75 Å². The van der Waals surface area contributed by atoms with Crippen molar-refractivity contribution in [2.45, 2.75) is 64.9 Å². The molecule has 0 radical (unpaired) electrons. The summed E-state index contributed by atoms with van der Waals surface area (Å²) in [6.07, 6.45) is 8.85. The maximum Gasteiger partial charge on any atom is 0.347 e.